The number of ether oxygens (including phenoxy) is 1. The maximum atomic E-state index is 11.4. The quantitative estimate of drug-likeness (QED) is 0.252. The van der Waals surface area contributed by atoms with Gasteiger partial charge in [-0.3, -0.25) is 0 Å². The molecule has 32 heavy (non-hydrogen) atoms. The van der Waals surface area contributed by atoms with Crippen molar-refractivity contribution in [1.82, 2.24) is 0 Å². The number of morpholine rings is 1. The van der Waals surface area contributed by atoms with E-state index >= 15 is 0 Å². The lowest BCUT2D eigenvalue weighted by atomic mass is 10.3. The zero-order valence-corrected chi connectivity index (χ0v) is 20.9. The lowest BCUT2D eigenvalue weighted by molar-refractivity contribution is -0.916. The molecule has 0 radical (unpaired) electrons. The number of hydrogen-bond acceptors (Lipinski definition) is 6. The van der Waals surface area contributed by atoms with Crippen LogP contribution in [-0.4, -0.2) is 87.2 Å². The van der Waals surface area contributed by atoms with E-state index in [1.807, 2.05) is 0 Å². The summed E-state index contributed by atoms with van der Waals surface area (Å²) in [4.78, 5) is 0. The SMILES string of the molecule is CC[Si](CC)(CC)OCC[N+]1(C)CCOCC1.O=S(=O)([N-]S(=O)(=O)C(F)(F)F)C(F)(F)F. The summed E-state index contributed by atoms with van der Waals surface area (Å²) < 4.78 is 122. The predicted molar refractivity (Wildman–Crippen MR) is 108 cm³/mol. The molecule has 0 aromatic rings. The number of rotatable bonds is 9. The molecular weight excluding hydrogens is 510 g/mol. The second-order valence-corrected chi connectivity index (χ2v) is 15.6. The summed E-state index contributed by atoms with van der Waals surface area (Å²) in [7, 11) is -12.5. The highest BCUT2D eigenvalue weighted by Gasteiger charge is 2.47. The van der Waals surface area contributed by atoms with E-state index in [1.165, 1.54) is 18.1 Å². The zero-order chi connectivity index (χ0) is 25.5. The van der Waals surface area contributed by atoms with Crippen LogP contribution in [0.3, 0.4) is 0 Å². The molecule has 8 nitrogen and oxygen atoms in total. The monoisotopic (exact) mass is 540 g/mol. The van der Waals surface area contributed by atoms with Gasteiger partial charge in [0.15, 0.2) is 28.4 Å². The van der Waals surface area contributed by atoms with Gasteiger partial charge in [0.1, 0.15) is 19.6 Å². The average Bonchev–Trinajstić information content (AvgIpc) is 2.64. The number of likely N-dealkylation sites (N-methyl/N-ethyl adjacent to an activating group) is 1. The summed E-state index contributed by atoms with van der Waals surface area (Å²) >= 11 is 0. The van der Waals surface area contributed by atoms with Gasteiger partial charge in [0, 0.05) is 0 Å². The Kier molecular flexibility index (Phi) is 11.6. The van der Waals surface area contributed by atoms with Crippen LogP contribution in [0.1, 0.15) is 20.8 Å². The van der Waals surface area contributed by atoms with Crippen LogP contribution in [0.5, 0.6) is 0 Å². The minimum absolute atomic E-state index is 0.778. The fourth-order valence-electron chi connectivity index (χ4n) is 2.76. The lowest BCUT2D eigenvalue weighted by Gasteiger charge is -2.38. The Bertz CT molecular complexity index is 729. The highest BCUT2D eigenvalue weighted by atomic mass is 32.3. The molecule has 1 fully saturated rings. The first-order chi connectivity index (χ1) is 14.3. The first-order valence-corrected chi connectivity index (χ1v) is 15.1. The van der Waals surface area contributed by atoms with Gasteiger partial charge in [0.2, 0.25) is 0 Å². The van der Waals surface area contributed by atoms with Crippen molar-refractivity contribution in [2.75, 3.05) is 46.5 Å². The lowest BCUT2D eigenvalue weighted by Crippen LogP contribution is -2.54. The van der Waals surface area contributed by atoms with E-state index < -0.39 is 39.4 Å². The van der Waals surface area contributed by atoms with Crippen LogP contribution < -0.4 is 0 Å². The Morgan fingerprint density at radius 3 is 1.56 bits per heavy atom. The Balaban J connectivity index is 0.000000607. The first-order valence-electron chi connectivity index (χ1n) is 9.72. The number of alkyl halides is 6. The molecule has 1 heterocycles. The topological polar surface area (TPSA) is 101 Å². The van der Waals surface area contributed by atoms with Crippen molar-refractivity contribution in [3.8, 4) is 0 Å². The third-order valence-corrected chi connectivity index (χ3v) is 12.7. The summed E-state index contributed by atoms with van der Waals surface area (Å²) in [5.74, 6) is 0. The fourth-order valence-corrected chi connectivity index (χ4v) is 7.11. The van der Waals surface area contributed by atoms with E-state index in [1.54, 1.807) is 0 Å². The first kappa shape index (κ1) is 31.5. The molecule has 0 aromatic heterocycles. The van der Waals surface area contributed by atoms with Crippen LogP contribution in [-0.2, 0) is 29.2 Å². The third kappa shape index (κ3) is 9.42. The van der Waals surface area contributed by atoms with Gasteiger partial charge in [-0.05, 0) is 18.1 Å². The Labute approximate surface area is 186 Å². The highest BCUT2D eigenvalue weighted by Crippen LogP contribution is 2.36. The van der Waals surface area contributed by atoms with Gasteiger partial charge in [-0.2, -0.15) is 26.3 Å². The van der Waals surface area contributed by atoms with E-state index in [2.05, 4.69) is 27.8 Å². The van der Waals surface area contributed by atoms with Gasteiger partial charge >= 0.3 is 11.0 Å². The minimum atomic E-state index is -6.72. The average molecular weight is 541 g/mol. The summed E-state index contributed by atoms with van der Waals surface area (Å²) in [5.41, 5.74) is -12.4. The van der Waals surface area contributed by atoms with Crippen molar-refractivity contribution in [3.63, 3.8) is 0 Å². The van der Waals surface area contributed by atoms with E-state index in [0.29, 0.717) is 0 Å². The molecule has 194 valence electrons. The molecule has 0 amide bonds. The molecule has 0 aromatic carbocycles. The van der Waals surface area contributed by atoms with Crippen LogP contribution in [0.4, 0.5) is 26.3 Å². The summed E-state index contributed by atoms with van der Waals surface area (Å²) in [5, 5.41) is 0. The molecule has 0 N–H and O–H groups in total. The van der Waals surface area contributed by atoms with Crippen molar-refractivity contribution in [2.24, 2.45) is 0 Å². The zero-order valence-electron chi connectivity index (χ0n) is 18.3. The van der Waals surface area contributed by atoms with Crippen molar-refractivity contribution >= 4 is 28.4 Å². The normalized spacial score (nSPS) is 18.1. The van der Waals surface area contributed by atoms with Crippen molar-refractivity contribution in [3.05, 3.63) is 4.13 Å². The predicted octanol–water partition coefficient (Wildman–Crippen LogP) is 3.54. The molecule has 1 aliphatic heterocycles. The Hall–Kier alpha value is -0.463. The van der Waals surface area contributed by atoms with E-state index in [-0.39, 0.29) is 0 Å². The second-order valence-electron chi connectivity index (χ2n) is 7.41. The molecular formula is C15H30F6N2O6S2Si. The van der Waals surface area contributed by atoms with Gasteiger partial charge in [-0.1, -0.05) is 20.8 Å². The molecule has 0 bridgehead atoms. The van der Waals surface area contributed by atoms with Crippen LogP contribution in [0.15, 0.2) is 0 Å². The van der Waals surface area contributed by atoms with Gasteiger partial charge in [-0.25, -0.2) is 16.8 Å². The van der Waals surface area contributed by atoms with Crippen molar-refractivity contribution in [2.45, 2.75) is 49.9 Å². The number of sulfonamides is 2. The van der Waals surface area contributed by atoms with E-state index in [4.69, 9.17) is 9.16 Å². The Morgan fingerprint density at radius 1 is 0.875 bits per heavy atom. The molecule has 1 saturated heterocycles. The Morgan fingerprint density at radius 2 is 1.25 bits per heavy atom. The van der Waals surface area contributed by atoms with Crippen LogP contribution in [0, 0.1) is 0 Å². The number of nitrogens with zero attached hydrogens (tertiary/aromatic N) is 2. The molecule has 0 spiro atoms. The number of quaternary nitrogens is 1. The fraction of sp³-hybridized carbons (Fsp3) is 1.00. The van der Waals surface area contributed by atoms with Gasteiger partial charge in [-0.15, -0.1) is 0 Å². The van der Waals surface area contributed by atoms with Crippen molar-refractivity contribution in [1.29, 1.82) is 0 Å². The van der Waals surface area contributed by atoms with Gasteiger partial charge in [0.05, 0.1) is 26.9 Å². The third-order valence-electron chi connectivity index (χ3n) is 5.30. The van der Waals surface area contributed by atoms with E-state index in [9.17, 15) is 43.2 Å². The molecule has 0 atom stereocenters. The molecule has 0 aliphatic carbocycles. The van der Waals surface area contributed by atoms with Crippen LogP contribution >= 0.6 is 0 Å². The standard InChI is InChI=1S/C13H30NO2Si.C2F6NO4S2/c1-5-17(6-2,7-3)16-13-10-14(4)8-11-15-12-9-14;3-1(4,5)14(10,11)9-15(12,13)2(6,7)8/h5-13H2,1-4H3;/q+1;-1. The van der Waals surface area contributed by atoms with E-state index in [0.717, 1.165) is 48.1 Å². The molecule has 17 heteroatoms. The number of hydrogen-bond donors (Lipinski definition) is 0. The minimum Gasteiger partial charge on any atom is -0.421 e. The summed E-state index contributed by atoms with van der Waals surface area (Å²) in [6.45, 7) is 13.1. The summed E-state index contributed by atoms with van der Waals surface area (Å²) in [6, 6.07) is 3.77. The summed E-state index contributed by atoms with van der Waals surface area (Å²) in [6.07, 6.45) is 0. The molecule has 1 aliphatic rings. The molecule has 0 unspecified atom stereocenters. The molecule has 0 saturated carbocycles. The van der Waals surface area contributed by atoms with Crippen LogP contribution in [0.2, 0.25) is 18.1 Å². The van der Waals surface area contributed by atoms with Crippen molar-refractivity contribution < 1.29 is 56.8 Å². The van der Waals surface area contributed by atoms with Crippen LogP contribution in [0.25, 0.3) is 4.13 Å². The maximum absolute atomic E-state index is 11.4. The number of halogens is 6. The highest BCUT2D eigenvalue weighted by molar-refractivity contribution is 8.13. The smallest absolute Gasteiger partial charge is 0.421 e. The van der Waals surface area contributed by atoms with Gasteiger partial charge in [0.25, 0.3) is 0 Å². The molecule has 1 rings (SSSR count). The second kappa shape index (κ2) is 11.8. The largest absolute Gasteiger partial charge is 0.480 e. The maximum Gasteiger partial charge on any atom is 0.480 e. The van der Waals surface area contributed by atoms with Gasteiger partial charge < -0.3 is 17.8 Å².